The van der Waals surface area contributed by atoms with E-state index in [2.05, 4.69) is 31.3 Å². The van der Waals surface area contributed by atoms with Gasteiger partial charge in [0.15, 0.2) is 0 Å². The van der Waals surface area contributed by atoms with E-state index in [1.54, 1.807) is 11.8 Å². The molecule has 0 heterocycles. The summed E-state index contributed by atoms with van der Waals surface area (Å²) in [5.41, 5.74) is 1.27. The molecule has 2 aromatic carbocycles. The van der Waals surface area contributed by atoms with E-state index >= 15 is 0 Å². The number of rotatable bonds is 5. The zero-order valence-corrected chi connectivity index (χ0v) is 12.0. The van der Waals surface area contributed by atoms with E-state index in [4.69, 9.17) is 0 Å². The Morgan fingerprint density at radius 2 is 1.74 bits per heavy atom. The first-order valence-corrected chi connectivity index (χ1v) is 7.21. The monoisotopic (exact) mass is 275 g/mol. The van der Waals surface area contributed by atoms with Crippen LogP contribution in [0.3, 0.4) is 0 Å². The molecule has 1 N–H and O–H groups in total. The van der Waals surface area contributed by atoms with Crippen LogP contribution in [0.5, 0.6) is 0 Å². The highest BCUT2D eigenvalue weighted by Gasteiger charge is 2.04. The van der Waals surface area contributed by atoms with E-state index in [9.17, 15) is 4.39 Å². The van der Waals surface area contributed by atoms with Crippen LogP contribution in [-0.2, 0) is 6.54 Å². The first kappa shape index (κ1) is 14.1. The fourth-order valence-electron chi connectivity index (χ4n) is 1.69. The van der Waals surface area contributed by atoms with E-state index in [0.717, 1.165) is 11.4 Å². The van der Waals surface area contributed by atoms with Gasteiger partial charge in [0.2, 0.25) is 0 Å². The van der Waals surface area contributed by atoms with Crippen molar-refractivity contribution >= 4 is 11.8 Å². The van der Waals surface area contributed by atoms with Crippen molar-refractivity contribution in [2.24, 2.45) is 0 Å². The SMILES string of the molecule is CC(C)NCc1ccccc1Sc1ccc(F)cc1. The van der Waals surface area contributed by atoms with Crippen LogP contribution in [0.15, 0.2) is 58.3 Å². The maximum atomic E-state index is 12.9. The van der Waals surface area contributed by atoms with Crippen molar-refractivity contribution in [3.63, 3.8) is 0 Å². The van der Waals surface area contributed by atoms with E-state index in [-0.39, 0.29) is 5.82 Å². The van der Waals surface area contributed by atoms with Crippen LogP contribution in [0.25, 0.3) is 0 Å². The lowest BCUT2D eigenvalue weighted by Crippen LogP contribution is -2.22. The van der Waals surface area contributed by atoms with Gasteiger partial charge in [0, 0.05) is 22.4 Å². The summed E-state index contributed by atoms with van der Waals surface area (Å²) in [7, 11) is 0. The summed E-state index contributed by atoms with van der Waals surface area (Å²) >= 11 is 1.67. The maximum absolute atomic E-state index is 12.9. The number of benzene rings is 2. The van der Waals surface area contributed by atoms with Gasteiger partial charge in [-0.05, 0) is 35.9 Å². The van der Waals surface area contributed by atoms with Crippen molar-refractivity contribution in [2.45, 2.75) is 36.2 Å². The van der Waals surface area contributed by atoms with Crippen molar-refractivity contribution in [3.8, 4) is 0 Å². The lowest BCUT2D eigenvalue weighted by molar-refractivity contribution is 0.585. The van der Waals surface area contributed by atoms with E-state index in [1.165, 1.54) is 22.6 Å². The summed E-state index contributed by atoms with van der Waals surface area (Å²) in [6.45, 7) is 5.12. The summed E-state index contributed by atoms with van der Waals surface area (Å²) < 4.78 is 12.9. The van der Waals surface area contributed by atoms with Crippen LogP contribution in [0, 0.1) is 5.82 Å². The Morgan fingerprint density at radius 1 is 1.05 bits per heavy atom. The molecule has 1 nitrogen and oxygen atoms in total. The highest BCUT2D eigenvalue weighted by molar-refractivity contribution is 7.99. The second-order valence-corrected chi connectivity index (χ2v) is 5.81. The summed E-state index contributed by atoms with van der Waals surface area (Å²) in [5.74, 6) is -0.195. The molecule has 0 saturated carbocycles. The van der Waals surface area contributed by atoms with Crippen LogP contribution >= 0.6 is 11.8 Å². The zero-order chi connectivity index (χ0) is 13.7. The van der Waals surface area contributed by atoms with Gasteiger partial charge in [-0.15, -0.1) is 0 Å². The Morgan fingerprint density at radius 3 is 2.42 bits per heavy atom. The molecule has 2 aromatic rings. The number of hydrogen-bond acceptors (Lipinski definition) is 2. The summed E-state index contributed by atoms with van der Waals surface area (Å²) in [4.78, 5) is 2.26. The average Bonchev–Trinajstić information content (AvgIpc) is 2.40. The summed E-state index contributed by atoms with van der Waals surface area (Å²) in [6.07, 6.45) is 0. The second-order valence-electron chi connectivity index (χ2n) is 4.70. The molecule has 3 heteroatoms. The Balaban J connectivity index is 2.13. The molecule has 0 aliphatic carbocycles. The van der Waals surface area contributed by atoms with Crippen LogP contribution in [0.1, 0.15) is 19.4 Å². The van der Waals surface area contributed by atoms with Crippen molar-refractivity contribution in [2.75, 3.05) is 0 Å². The number of halogens is 1. The molecule has 19 heavy (non-hydrogen) atoms. The fourth-order valence-corrected chi connectivity index (χ4v) is 2.64. The minimum Gasteiger partial charge on any atom is -0.310 e. The first-order valence-electron chi connectivity index (χ1n) is 6.40. The molecule has 100 valence electrons. The molecule has 0 unspecified atom stereocenters. The van der Waals surface area contributed by atoms with Crippen molar-refractivity contribution in [1.82, 2.24) is 5.32 Å². The molecule has 0 aromatic heterocycles. The van der Waals surface area contributed by atoms with Gasteiger partial charge < -0.3 is 5.32 Å². The van der Waals surface area contributed by atoms with Gasteiger partial charge in [0.05, 0.1) is 0 Å². The Hall–Kier alpha value is -1.32. The van der Waals surface area contributed by atoms with Crippen LogP contribution in [0.4, 0.5) is 4.39 Å². The smallest absolute Gasteiger partial charge is 0.123 e. The Kier molecular flexibility index (Phi) is 5.00. The molecule has 0 bridgehead atoms. The molecule has 2 rings (SSSR count). The van der Waals surface area contributed by atoms with Gasteiger partial charge in [-0.3, -0.25) is 0 Å². The zero-order valence-electron chi connectivity index (χ0n) is 11.2. The molecule has 0 spiro atoms. The number of nitrogens with one attached hydrogen (secondary N) is 1. The van der Waals surface area contributed by atoms with Crippen LogP contribution in [-0.4, -0.2) is 6.04 Å². The minimum atomic E-state index is -0.195. The van der Waals surface area contributed by atoms with Gasteiger partial charge in [-0.2, -0.15) is 0 Å². The fraction of sp³-hybridized carbons (Fsp3) is 0.250. The highest BCUT2D eigenvalue weighted by Crippen LogP contribution is 2.30. The third-order valence-corrected chi connectivity index (χ3v) is 3.84. The normalized spacial score (nSPS) is 10.9. The molecule has 0 saturated heterocycles. The molecule has 0 aliphatic heterocycles. The topological polar surface area (TPSA) is 12.0 Å². The molecule has 0 radical (unpaired) electrons. The third kappa shape index (κ3) is 4.37. The van der Waals surface area contributed by atoms with Gasteiger partial charge >= 0.3 is 0 Å². The van der Waals surface area contributed by atoms with Gasteiger partial charge in [0.25, 0.3) is 0 Å². The largest absolute Gasteiger partial charge is 0.310 e. The lowest BCUT2D eigenvalue weighted by Gasteiger charge is -2.12. The average molecular weight is 275 g/mol. The minimum absolute atomic E-state index is 0.195. The number of hydrogen-bond donors (Lipinski definition) is 1. The van der Waals surface area contributed by atoms with E-state index < -0.39 is 0 Å². The first-order chi connectivity index (χ1) is 9.15. The van der Waals surface area contributed by atoms with Crippen molar-refractivity contribution in [3.05, 3.63) is 59.9 Å². The quantitative estimate of drug-likeness (QED) is 0.863. The van der Waals surface area contributed by atoms with Crippen LogP contribution < -0.4 is 5.32 Å². The molecule has 0 aliphatic rings. The molecular weight excluding hydrogens is 257 g/mol. The molecule has 0 fully saturated rings. The summed E-state index contributed by atoms with van der Waals surface area (Å²) in [6, 6.07) is 15.4. The molecule has 0 amide bonds. The van der Waals surface area contributed by atoms with Crippen molar-refractivity contribution in [1.29, 1.82) is 0 Å². The van der Waals surface area contributed by atoms with Crippen LogP contribution in [0.2, 0.25) is 0 Å². The summed E-state index contributed by atoms with van der Waals surface area (Å²) in [5, 5.41) is 3.42. The van der Waals surface area contributed by atoms with Crippen molar-refractivity contribution < 1.29 is 4.39 Å². The van der Waals surface area contributed by atoms with E-state index in [1.807, 2.05) is 24.3 Å². The second kappa shape index (κ2) is 6.73. The third-order valence-electron chi connectivity index (χ3n) is 2.71. The predicted molar refractivity (Wildman–Crippen MR) is 78.9 cm³/mol. The highest BCUT2D eigenvalue weighted by atomic mass is 32.2. The Labute approximate surface area is 118 Å². The van der Waals surface area contributed by atoms with E-state index in [0.29, 0.717) is 6.04 Å². The van der Waals surface area contributed by atoms with Gasteiger partial charge in [-0.25, -0.2) is 4.39 Å². The lowest BCUT2D eigenvalue weighted by atomic mass is 10.2. The predicted octanol–water partition coefficient (Wildman–Crippen LogP) is 4.47. The molecular formula is C16H18FNS. The Bertz CT molecular complexity index is 523. The van der Waals surface area contributed by atoms with Gasteiger partial charge in [-0.1, -0.05) is 43.8 Å². The molecule has 0 atom stereocenters. The van der Waals surface area contributed by atoms with Gasteiger partial charge in [0.1, 0.15) is 5.82 Å². The maximum Gasteiger partial charge on any atom is 0.123 e. The standard InChI is InChI=1S/C16H18FNS/c1-12(2)18-11-13-5-3-4-6-16(13)19-15-9-7-14(17)8-10-15/h3-10,12,18H,11H2,1-2H3.